The number of nitrogens with two attached hydrogens (primary N) is 2. The van der Waals surface area contributed by atoms with Crippen molar-refractivity contribution in [2.75, 3.05) is 11.5 Å². The molecule has 0 saturated heterocycles. The first kappa shape index (κ1) is 14.6. The van der Waals surface area contributed by atoms with Crippen LogP contribution in [0, 0.1) is 5.41 Å². The number of hydrogen-bond acceptors (Lipinski definition) is 5. The summed E-state index contributed by atoms with van der Waals surface area (Å²) in [5.74, 6) is 0.105. The lowest BCUT2D eigenvalue weighted by molar-refractivity contribution is -0.137. The lowest BCUT2D eigenvalue weighted by Crippen LogP contribution is -2.12. The quantitative estimate of drug-likeness (QED) is 0.648. The predicted octanol–water partition coefficient (Wildman–Crippen LogP) is 2.07. The summed E-state index contributed by atoms with van der Waals surface area (Å²) in [7, 11) is 0. The Balaban J connectivity index is 2.26. The van der Waals surface area contributed by atoms with Gasteiger partial charge < -0.3 is 21.9 Å². The van der Waals surface area contributed by atoms with E-state index in [0.29, 0.717) is 11.6 Å². The van der Waals surface area contributed by atoms with Gasteiger partial charge in [0.15, 0.2) is 0 Å². The van der Waals surface area contributed by atoms with Gasteiger partial charge in [0.2, 0.25) is 0 Å². The number of anilines is 2. The third-order valence-electron chi connectivity index (χ3n) is 2.56. The van der Waals surface area contributed by atoms with Gasteiger partial charge in [-0.15, -0.1) is 0 Å². The minimum Gasteiger partial charge on any atom is -0.384 e. The highest BCUT2D eigenvalue weighted by Crippen LogP contribution is 2.32. The molecular weight excluding hydrogens is 285 g/mol. The highest BCUT2D eigenvalue weighted by atomic mass is 19.4. The van der Waals surface area contributed by atoms with Crippen molar-refractivity contribution < 1.29 is 13.2 Å². The van der Waals surface area contributed by atoms with Crippen LogP contribution < -0.4 is 11.5 Å². The molecule has 0 bridgehead atoms. The Morgan fingerprint density at radius 2 is 1.95 bits per heavy atom. The molecule has 0 unspecified atom stereocenters. The number of H-pyrrole nitrogens is 1. The molecule has 0 atom stereocenters. The Hall–Kier alpha value is -2.84. The Kier molecular flexibility index (Phi) is 3.66. The van der Waals surface area contributed by atoms with E-state index in [0.717, 1.165) is 12.3 Å². The fourth-order valence-electron chi connectivity index (χ4n) is 1.54. The fraction of sp³-hybridized carbons (Fsp3) is 0.0833. The number of nitrogens with one attached hydrogen (secondary N) is 2. The van der Waals surface area contributed by atoms with Crippen LogP contribution in [-0.2, 0) is 6.18 Å². The van der Waals surface area contributed by atoms with Crippen LogP contribution in [0.4, 0.5) is 24.8 Å². The number of pyridine rings is 1. The number of nitrogen functional groups attached to an aromatic ring is 2. The Bertz CT molecular complexity index is 701. The van der Waals surface area contributed by atoms with E-state index in [1.165, 1.54) is 18.3 Å². The van der Waals surface area contributed by atoms with Crippen LogP contribution in [0.5, 0.6) is 0 Å². The van der Waals surface area contributed by atoms with Gasteiger partial charge in [0.25, 0.3) is 0 Å². The minimum absolute atomic E-state index is 0.00713. The number of alkyl halides is 3. The molecule has 0 spiro atoms. The summed E-state index contributed by atoms with van der Waals surface area (Å²) in [6.07, 6.45) is 0.573. The van der Waals surface area contributed by atoms with Crippen LogP contribution in [0.2, 0.25) is 0 Å². The third-order valence-corrected chi connectivity index (χ3v) is 2.56. The maximum Gasteiger partial charge on any atom is 0.419 e. The first-order chi connectivity index (χ1) is 9.77. The average molecular weight is 296 g/mol. The highest BCUT2D eigenvalue weighted by Gasteiger charge is 2.34. The molecule has 0 aliphatic heterocycles. The SMILES string of the molecule is N=C(/C=C\c1ncc(N)[nH]1)c1cnc(N)c(C(F)(F)F)c1. The smallest absolute Gasteiger partial charge is 0.384 e. The van der Waals surface area contributed by atoms with E-state index in [1.54, 1.807) is 0 Å². The van der Waals surface area contributed by atoms with E-state index < -0.39 is 17.6 Å². The zero-order valence-electron chi connectivity index (χ0n) is 10.6. The summed E-state index contributed by atoms with van der Waals surface area (Å²) in [5, 5.41) is 7.75. The van der Waals surface area contributed by atoms with Crippen molar-refractivity contribution in [2.24, 2.45) is 0 Å². The Morgan fingerprint density at radius 1 is 1.24 bits per heavy atom. The maximum atomic E-state index is 12.7. The van der Waals surface area contributed by atoms with Gasteiger partial charge in [0.1, 0.15) is 17.5 Å². The zero-order chi connectivity index (χ0) is 15.6. The van der Waals surface area contributed by atoms with E-state index in [1.807, 2.05) is 0 Å². The Morgan fingerprint density at radius 3 is 2.52 bits per heavy atom. The summed E-state index contributed by atoms with van der Waals surface area (Å²) < 4.78 is 38.1. The number of hydrogen-bond donors (Lipinski definition) is 4. The second-order valence-corrected chi connectivity index (χ2v) is 4.13. The summed E-state index contributed by atoms with van der Waals surface area (Å²) in [6.45, 7) is 0. The molecule has 21 heavy (non-hydrogen) atoms. The molecule has 6 N–H and O–H groups in total. The lowest BCUT2D eigenvalue weighted by Gasteiger charge is -2.10. The fourth-order valence-corrected chi connectivity index (χ4v) is 1.54. The van der Waals surface area contributed by atoms with Gasteiger partial charge in [0, 0.05) is 11.8 Å². The molecule has 9 heteroatoms. The van der Waals surface area contributed by atoms with Crippen molar-refractivity contribution in [3.05, 3.63) is 41.5 Å². The molecule has 2 rings (SSSR count). The molecule has 0 amide bonds. The second kappa shape index (κ2) is 5.27. The van der Waals surface area contributed by atoms with Crippen molar-refractivity contribution in [3.8, 4) is 0 Å². The molecule has 0 aromatic carbocycles. The van der Waals surface area contributed by atoms with Gasteiger partial charge in [-0.05, 0) is 18.2 Å². The van der Waals surface area contributed by atoms with Crippen LogP contribution in [0.25, 0.3) is 6.08 Å². The summed E-state index contributed by atoms with van der Waals surface area (Å²) >= 11 is 0. The largest absolute Gasteiger partial charge is 0.419 e. The van der Waals surface area contributed by atoms with E-state index in [2.05, 4.69) is 15.0 Å². The van der Waals surface area contributed by atoms with Crippen LogP contribution in [-0.4, -0.2) is 20.7 Å². The van der Waals surface area contributed by atoms with Crippen molar-refractivity contribution >= 4 is 23.4 Å². The monoisotopic (exact) mass is 296 g/mol. The van der Waals surface area contributed by atoms with E-state index >= 15 is 0 Å². The summed E-state index contributed by atoms with van der Waals surface area (Å²) in [5.41, 5.74) is 9.38. The molecule has 0 aliphatic carbocycles. The number of halogens is 3. The van der Waals surface area contributed by atoms with Gasteiger partial charge in [-0.25, -0.2) is 9.97 Å². The molecule has 0 saturated carbocycles. The zero-order valence-corrected chi connectivity index (χ0v) is 10.6. The number of aromatic amines is 1. The average Bonchev–Trinajstić information content (AvgIpc) is 2.81. The van der Waals surface area contributed by atoms with Crippen LogP contribution in [0.1, 0.15) is 17.0 Å². The number of aromatic nitrogens is 3. The van der Waals surface area contributed by atoms with Crippen molar-refractivity contribution in [1.29, 1.82) is 5.41 Å². The van der Waals surface area contributed by atoms with Gasteiger partial charge in [-0.3, -0.25) is 0 Å². The molecule has 2 heterocycles. The first-order valence-corrected chi connectivity index (χ1v) is 5.67. The molecule has 0 radical (unpaired) electrons. The molecule has 6 nitrogen and oxygen atoms in total. The second-order valence-electron chi connectivity index (χ2n) is 4.13. The van der Waals surface area contributed by atoms with Crippen LogP contribution in [0.3, 0.4) is 0 Å². The predicted molar refractivity (Wildman–Crippen MR) is 72.5 cm³/mol. The maximum absolute atomic E-state index is 12.7. The molecule has 2 aromatic rings. The first-order valence-electron chi connectivity index (χ1n) is 5.67. The molecule has 110 valence electrons. The topological polar surface area (TPSA) is 117 Å². The van der Waals surface area contributed by atoms with Gasteiger partial charge >= 0.3 is 6.18 Å². The van der Waals surface area contributed by atoms with Gasteiger partial charge in [-0.1, -0.05) is 0 Å². The molecule has 0 fully saturated rings. The summed E-state index contributed by atoms with van der Waals surface area (Å²) in [6, 6.07) is 0.783. The number of allylic oxidation sites excluding steroid dienone is 1. The number of nitrogens with zero attached hydrogens (tertiary/aromatic N) is 2. The Labute approximate surface area is 117 Å². The van der Waals surface area contributed by atoms with Gasteiger partial charge in [-0.2, -0.15) is 13.2 Å². The lowest BCUT2D eigenvalue weighted by atomic mass is 10.1. The van der Waals surface area contributed by atoms with Gasteiger partial charge in [0.05, 0.1) is 17.5 Å². The van der Waals surface area contributed by atoms with Crippen molar-refractivity contribution in [1.82, 2.24) is 15.0 Å². The van der Waals surface area contributed by atoms with E-state index in [4.69, 9.17) is 16.9 Å². The van der Waals surface area contributed by atoms with E-state index in [9.17, 15) is 13.2 Å². The minimum atomic E-state index is -4.62. The standard InChI is InChI=1S/C12H11F3N6/c13-12(14,15)7-3-6(4-20-11(7)18)8(16)1-2-10-19-5-9(17)21-10/h1-5,16H,17H2,(H2,18,20)(H,19,21)/b2-1-,16-8?. The molecular formula is C12H11F3N6. The molecule has 0 aliphatic rings. The van der Waals surface area contributed by atoms with Crippen molar-refractivity contribution in [3.63, 3.8) is 0 Å². The van der Waals surface area contributed by atoms with Crippen LogP contribution in [0.15, 0.2) is 24.5 Å². The normalized spacial score (nSPS) is 12.0. The third kappa shape index (κ3) is 3.38. The highest BCUT2D eigenvalue weighted by molar-refractivity contribution is 6.08. The number of imidazole rings is 1. The summed E-state index contributed by atoms with van der Waals surface area (Å²) in [4.78, 5) is 10.0. The van der Waals surface area contributed by atoms with E-state index in [-0.39, 0.29) is 11.3 Å². The number of rotatable bonds is 3. The molecule has 2 aromatic heterocycles. The van der Waals surface area contributed by atoms with Crippen molar-refractivity contribution in [2.45, 2.75) is 6.18 Å². The van der Waals surface area contributed by atoms with Crippen LogP contribution >= 0.6 is 0 Å².